The Morgan fingerprint density at radius 3 is 3.04 bits per heavy atom. The Kier molecular flexibility index (Phi) is 4.67. The van der Waals surface area contributed by atoms with Crippen LogP contribution in [0.3, 0.4) is 0 Å². The van der Waals surface area contributed by atoms with Gasteiger partial charge in [0, 0.05) is 23.2 Å². The second kappa shape index (κ2) is 6.89. The second-order valence-electron chi connectivity index (χ2n) is 5.72. The van der Waals surface area contributed by atoms with Crippen LogP contribution in [0, 0.1) is 18.3 Å². The van der Waals surface area contributed by atoms with Crippen molar-refractivity contribution in [3.05, 3.63) is 34.8 Å². The van der Waals surface area contributed by atoms with Gasteiger partial charge in [0.15, 0.2) is 0 Å². The number of thiazole rings is 1. The Bertz CT molecular complexity index is 797. The molecule has 124 valence electrons. The molecule has 6 nitrogen and oxygen atoms in total. The highest BCUT2D eigenvalue weighted by Gasteiger charge is 2.28. The minimum absolute atomic E-state index is 0.140. The Hall–Kier alpha value is -2.59. The lowest BCUT2D eigenvalue weighted by Gasteiger charge is -2.21. The third-order valence-corrected chi connectivity index (χ3v) is 4.93. The maximum atomic E-state index is 11.2. The number of hydrogen-bond donors (Lipinski definition) is 1. The molecule has 1 amide bonds. The van der Waals surface area contributed by atoms with Gasteiger partial charge in [0.2, 0.25) is 0 Å². The van der Waals surface area contributed by atoms with E-state index in [1.807, 2.05) is 13.0 Å². The van der Waals surface area contributed by atoms with Crippen LogP contribution in [0.15, 0.2) is 24.4 Å². The van der Waals surface area contributed by atoms with Crippen LogP contribution in [0.4, 0.5) is 4.79 Å². The monoisotopic (exact) mass is 343 g/mol. The quantitative estimate of drug-likeness (QED) is 0.918. The van der Waals surface area contributed by atoms with Crippen LogP contribution in [-0.4, -0.2) is 40.3 Å². The topological polar surface area (TPSA) is 86.5 Å². The summed E-state index contributed by atoms with van der Waals surface area (Å²) in [6.07, 6.45) is 2.53. The number of rotatable bonds is 4. The van der Waals surface area contributed by atoms with Gasteiger partial charge in [-0.05, 0) is 38.0 Å². The van der Waals surface area contributed by atoms with Crippen LogP contribution in [-0.2, 0) is 0 Å². The number of carboxylic acid groups (broad SMARTS) is 1. The molecular formula is C17H17N3O3S. The highest BCUT2D eigenvalue weighted by molar-refractivity contribution is 7.14. The van der Waals surface area contributed by atoms with Crippen LogP contribution in [0.2, 0.25) is 0 Å². The SMILES string of the molecule is Cc1cnc(-c2cc(C#N)cc(OCC3CCCN3C(=O)O)c2)s1. The summed E-state index contributed by atoms with van der Waals surface area (Å²) >= 11 is 1.55. The molecule has 1 fully saturated rings. The summed E-state index contributed by atoms with van der Waals surface area (Å²) in [6.45, 7) is 2.82. The molecule has 24 heavy (non-hydrogen) atoms. The third kappa shape index (κ3) is 3.49. The molecule has 0 spiro atoms. The number of aromatic nitrogens is 1. The van der Waals surface area contributed by atoms with Gasteiger partial charge in [-0.15, -0.1) is 11.3 Å². The van der Waals surface area contributed by atoms with E-state index in [9.17, 15) is 15.2 Å². The largest absolute Gasteiger partial charge is 0.491 e. The first-order valence-electron chi connectivity index (χ1n) is 7.67. The van der Waals surface area contributed by atoms with Gasteiger partial charge in [-0.25, -0.2) is 9.78 Å². The van der Waals surface area contributed by atoms with Crippen molar-refractivity contribution >= 4 is 17.4 Å². The van der Waals surface area contributed by atoms with E-state index in [0.717, 1.165) is 28.3 Å². The molecule has 3 rings (SSSR count). The van der Waals surface area contributed by atoms with E-state index in [0.29, 0.717) is 17.9 Å². The van der Waals surface area contributed by atoms with E-state index < -0.39 is 6.09 Å². The zero-order valence-corrected chi connectivity index (χ0v) is 14.0. The highest BCUT2D eigenvalue weighted by Crippen LogP contribution is 2.29. The number of nitriles is 1. The minimum atomic E-state index is -0.911. The molecule has 1 atom stereocenters. The summed E-state index contributed by atoms with van der Waals surface area (Å²) in [4.78, 5) is 18.0. The number of nitrogens with zero attached hydrogens (tertiary/aromatic N) is 3. The van der Waals surface area contributed by atoms with Gasteiger partial charge in [0.05, 0.1) is 17.7 Å². The normalized spacial score (nSPS) is 16.8. The van der Waals surface area contributed by atoms with Gasteiger partial charge in [-0.1, -0.05) is 0 Å². The van der Waals surface area contributed by atoms with Gasteiger partial charge in [0.1, 0.15) is 17.4 Å². The van der Waals surface area contributed by atoms with Crippen molar-refractivity contribution in [2.75, 3.05) is 13.2 Å². The average molecular weight is 343 g/mol. The van der Waals surface area contributed by atoms with E-state index in [-0.39, 0.29) is 12.6 Å². The molecule has 1 aliphatic heterocycles. The number of aryl methyl sites for hydroxylation is 1. The fraction of sp³-hybridized carbons (Fsp3) is 0.353. The Labute approximate surface area is 143 Å². The van der Waals surface area contributed by atoms with E-state index in [2.05, 4.69) is 11.1 Å². The van der Waals surface area contributed by atoms with E-state index >= 15 is 0 Å². The molecule has 1 saturated heterocycles. The standard InChI is InChI=1S/C17H17N3O3S/c1-11-9-19-16(24-11)13-5-12(8-18)6-15(7-13)23-10-14-3-2-4-20(14)17(21)22/h5-7,9,14H,2-4,10H2,1H3,(H,21,22). The number of likely N-dealkylation sites (tertiary alicyclic amines) is 1. The summed E-state index contributed by atoms with van der Waals surface area (Å²) in [5.41, 5.74) is 1.33. The van der Waals surface area contributed by atoms with Gasteiger partial charge in [0.25, 0.3) is 0 Å². The first-order chi connectivity index (χ1) is 11.6. The Balaban J connectivity index is 1.78. The smallest absolute Gasteiger partial charge is 0.407 e. The molecule has 1 aliphatic rings. The first kappa shape index (κ1) is 16.3. The van der Waals surface area contributed by atoms with Gasteiger partial charge in [-0.2, -0.15) is 5.26 Å². The molecule has 1 aromatic carbocycles. The highest BCUT2D eigenvalue weighted by atomic mass is 32.1. The molecule has 2 aromatic rings. The first-order valence-corrected chi connectivity index (χ1v) is 8.49. The number of ether oxygens (including phenoxy) is 1. The van der Waals surface area contributed by atoms with Crippen LogP contribution in [0.1, 0.15) is 23.3 Å². The van der Waals surface area contributed by atoms with E-state index in [1.54, 1.807) is 29.7 Å². The van der Waals surface area contributed by atoms with Crippen molar-refractivity contribution in [2.45, 2.75) is 25.8 Å². The summed E-state index contributed by atoms with van der Waals surface area (Å²) in [5.74, 6) is 0.564. The van der Waals surface area contributed by atoms with Crippen LogP contribution in [0.5, 0.6) is 5.75 Å². The van der Waals surface area contributed by atoms with Crippen molar-refractivity contribution in [2.24, 2.45) is 0 Å². The number of hydrogen-bond acceptors (Lipinski definition) is 5. The predicted octanol–water partition coefficient (Wildman–Crippen LogP) is 3.51. The Morgan fingerprint density at radius 2 is 2.38 bits per heavy atom. The van der Waals surface area contributed by atoms with Crippen molar-refractivity contribution in [3.8, 4) is 22.4 Å². The number of benzene rings is 1. The van der Waals surface area contributed by atoms with E-state index in [1.165, 1.54) is 4.90 Å². The zero-order chi connectivity index (χ0) is 17.1. The molecule has 0 radical (unpaired) electrons. The molecule has 0 aliphatic carbocycles. The third-order valence-electron chi connectivity index (χ3n) is 3.97. The zero-order valence-electron chi connectivity index (χ0n) is 13.2. The predicted molar refractivity (Wildman–Crippen MR) is 90.2 cm³/mol. The van der Waals surface area contributed by atoms with E-state index in [4.69, 9.17) is 4.74 Å². The summed E-state index contributed by atoms with van der Waals surface area (Å²) < 4.78 is 5.80. The fourth-order valence-corrected chi connectivity index (χ4v) is 3.56. The number of carbonyl (C=O) groups is 1. The van der Waals surface area contributed by atoms with Crippen molar-refractivity contribution < 1.29 is 14.6 Å². The lowest BCUT2D eigenvalue weighted by Crippen LogP contribution is -2.38. The van der Waals surface area contributed by atoms with Crippen molar-refractivity contribution in [1.82, 2.24) is 9.88 Å². The molecule has 0 bridgehead atoms. The van der Waals surface area contributed by atoms with Crippen molar-refractivity contribution in [1.29, 1.82) is 5.26 Å². The summed E-state index contributed by atoms with van der Waals surface area (Å²) in [7, 11) is 0. The molecular weight excluding hydrogens is 326 g/mol. The fourth-order valence-electron chi connectivity index (χ4n) is 2.81. The second-order valence-corrected chi connectivity index (χ2v) is 6.95. The molecule has 0 saturated carbocycles. The molecule has 2 heterocycles. The van der Waals surface area contributed by atoms with Crippen LogP contribution in [0.25, 0.3) is 10.6 Å². The van der Waals surface area contributed by atoms with Crippen molar-refractivity contribution in [3.63, 3.8) is 0 Å². The maximum absolute atomic E-state index is 11.2. The lowest BCUT2D eigenvalue weighted by atomic mass is 10.1. The summed E-state index contributed by atoms with van der Waals surface area (Å²) in [5, 5.41) is 19.2. The van der Waals surface area contributed by atoms with Gasteiger partial charge in [-0.3, -0.25) is 0 Å². The molecule has 1 N–H and O–H groups in total. The van der Waals surface area contributed by atoms with Crippen LogP contribution < -0.4 is 4.74 Å². The van der Waals surface area contributed by atoms with Gasteiger partial charge >= 0.3 is 6.09 Å². The molecule has 1 aromatic heterocycles. The lowest BCUT2D eigenvalue weighted by molar-refractivity contribution is 0.123. The number of amides is 1. The van der Waals surface area contributed by atoms with Gasteiger partial charge < -0.3 is 14.7 Å². The van der Waals surface area contributed by atoms with Crippen LogP contribution >= 0.6 is 11.3 Å². The minimum Gasteiger partial charge on any atom is -0.491 e. The maximum Gasteiger partial charge on any atom is 0.407 e. The molecule has 1 unspecified atom stereocenters. The summed E-state index contributed by atoms with van der Waals surface area (Å²) in [6, 6.07) is 7.29. The average Bonchev–Trinajstić information content (AvgIpc) is 3.21. The molecule has 7 heteroatoms. The Morgan fingerprint density at radius 1 is 1.54 bits per heavy atom.